The van der Waals surface area contributed by atoms with Crippen LogP contribution in [0, 0.1) is 11.3 Å². The van der Waals surface area contributed by atoms with E-state index in [4.69, 9.17) is 10.5 Å². The molecule has 106 valence electrons. The van der Waals surface area contributed by atoms with Gasteiger partial charge in [-0.2, -0.15) is 0 Å². The fourth-order valence-corrected chi connectivity index (χ4v) is 2.70. The van der Waals surface area contributed by atoms with Crippen LogP contribution < -0.4 is 5.73 Å². The van der Waals surface area contributed by atoms with Gasteiger partial charge in [0.1, 0.15) is 0 Å². The van der Waals surface area contributed by atoms with Gasteiger partial charge in [0, 0.05) is 6.04 Å². The molecule has 1 saturated carbocycles. The molecule has 3 nitrogen and oxygen atoms in total. The fourth-order valence-electron chi connectivity index (χ4n) is 2.70. The van der Waals surface area contributed by atoms with Gasteiger partial charge in [-0.15, -0.1) is 0 Å². The lowest BCUT2D eigenvalue weighted by molar-refractivity contribution is -0.145. The zero-order chi connectivity index (χ0) is 13.6. The van der Waals surface area contributed by atoms with Crippen molar-refractivity contribution in [1.82, 2.24) is 0 Å². The van der Waals surface area contributed by atoms with Crippen LogP contribution in [0.2, 0.25) is 0 Å². The van der Waals surface area contributed by atoms with E-state index in [1.54, 1.807) is 0 Å². The van der Waals surface area contributed by atoms with Crippen molar-refractivity contribution < 1.29 is 9.53 Å². The van der Waals surface area contributed by atoms with Crippen LogP contribution in [0.3, 0.4) is 0 Å². The van der Waals surface area contributed by atoms with Crippen molar-refractivity contribution in [1.29, 1.82) is 0 Å². The fraction of sp³-hybridized carbons (Fsp3) is 0.933. The summed E-state index contributed by atoms with van der Waals surface area (Å²) in [6.07, 6.45) is 7.52. The van der Waals surface area contributed by atoms with Gasteiger partial charge in [-0.25, -0.2) is 0 Å². The Labute approximate surface area is 111 Å². The maximum absolute atomic E-state index is 11.7. The van der Waals surface area contributed by atoms with Gasteiger partial charge >= 0.3 is 5.97 Å². The zero-order valence-electron chi connectivity index (χ0n) is 12.2. The summed E-state index contributed by atoms with van der Waals surface area (Å²) in [5.41, 5.74) is 6.14. The maximum atomic E-state index is 11.7. The third-order valence-electron chi connectivity index (χ3n) is 3.51. The molecule has 0 spiro atoms. The van der Waals surface area contributed by atoms with Gasteiger partial charge in [0.25, 0.3) is 0 Å². The quantitative estimate of drug-likeness (QED) is 0.767. The topological polar surface area (TPSA) is 52.3 Å². The molecule has 0 aromatic rings. The minimum absolute atomic E-state index is 0.0798. The molecule has 3 heteroatoms. The third-order valence-corrected chi connectivity index (χ3v) is 3.51. The molecule has 1 fully saturated rings. The summed E-state index contributed by atoms with van der Waals surface area (Å²) in [7, 11) is 0. The highest BCUT2D eigenvalue weighted by atomic mass is 16.5. The molecule has 1 unspecified atom stereocenters. The smallest absolute Gasteiger partial charge is 0.307 e. The number of ether oxygens (including phenoxy) is 1. The average molecular weight is 255 g/mol. The first-order chi connectivity index (χ1) is 8.37. The van der Waals surface area contributed by atoms with Crippen molar-refractivity contribution in [2.45, 2.75) is 71.8 Å². The van der Waals surface area contributed by atoms with Crippen molar-refractivity contribution in [2.24, 2.45) is 17.1 Å². The molecule has 2 N–H and O–H groups in total. The zero-order valence-corrected chi connectivity index (χ0v) is 12.2. The molecule has 0 aliphatic heterocycles. The van der Waals surface area contributed by atoms with Crippen LogP contribution in [-0.2, 0) is 9.53 Å². The van der Waals surface area contributed by atoms with Crippen LogP contribution in [0.1, 0.15) is 65.7 Å². The van der Waals surface area contributed by atoms with Gasteiger partial charge in [0.05, 0.1) is 13.0 Å². The van der Waals surface area contributed by atoms with Crippen LogP contribution in [0.4, 0.5) is 0 Å². The molecule has 0 bridgehead atoms. The summed E-state index contributed by atoms with van der Waals surface area (Å²) in [4.78, 5) is 11.7. The van der Waals surface area contributed by atoms with Crippen molar-refractivity contribution in [3.8, 4) is 0 Å². The van der Waals surface area contributed by atoms with Crippen LogP contribution >= 0.6 is 0 Å². The second-order valence-electron chi connectivity index (χ2n) is 6.92. The van der Waals surface area contributed by atoms with Crippen molar-refractivity contribution in [2.75, 3.05) is 6.61 Å². The Balaban J connectivity index is 2.16. The van der Waals surface area contributed by atoms with Gasteiger partial charge in [0.15, 0.2) is 0 Å². The summed E-state index contributed by atoms with van der Waals surface area (Å²) in [6.45, 7) is 7.02. The predicted octanol–water partition coefficient (Wildman–Crippen LogP) is 3.26. The van der Waals surface area contributed by atoms with E-state index >= 15 is 0 Å². The first kappa shape index (κ1) is 15.5. The predicted molar refractivity (Wildman–Crippen MR) is 74.2 cm³/mol. The molecule has 1 atom stereocenters. The number of esters is 1. The molecule has 0 saturated heterocycles. The van der Waals surface area contributed by atoms with E-state index in [1.165, 1.54) is 32.1 Å². The summed E-state index contributed by atoms with van der Waals surface area (Å²) in [5.74, 6) is 0.457. The first-order valence-corrected chi connectivity index (χ1v) is 7.28. The molecule has 0 aromatic heterocycles. The molecular weight excluding hydrogens is 226 g/mol. The Hall–Kier alpha value is -0.570. The Morgan fingerprint density at radius 2 is 1.89 bits per heavy atom. The lowest BCUT2D eigenvalue weighted by atomic mass is 9.87. The van der Waals surface area contributed by atoms with Gasteiger partial charge in [-0.3, -0.25) is 4.79 Å². The molecule has 0 radical (unpaired) electrons. The van der Waals surface area contributed by atoms with E-state index in [-0.39, 0.29) is 17.4 Å². The molecule has 0 aromatic carbocycles. The minimum atomic E-state index is -0.127. The van der Waals surface area contributed by atoms with Gasteiger partial charge < -0.3 is 10.5 Å². The van der Waals surface area contributed by atoms with Crippen LogP contribution in [0.15, 0.2) is 0 Å². The summed E-state index contributed by atoms with van der Waals surface area (Å²) in [5, 5.41) is 0. The molecule has 18 heavy (non-hydrogen) atoms. The number of rotatable bonds is 5. The Morgan fingerprint density at radius 1 is 1.28 bits per heavy atom. The van der Waals surface area contributed by atoms with E-state index in [0.717, 1.165) is 6.42 Å². The molecule has 0 amide bonds. The molecule has 1 rings (SSSR count). The van der Waals surface area contributed by atoms with Gasteiger partial charge in [0.2, 0.25) is 0 Å². The van der Waals surface area contributed by atoms with Crippen LogP contribution in [0.5, 0.6) is 0 Å². The second kappa shape index (κ2) is 7.13. The summed E-state index contributed by atoms with van der Waals surface area (Å²) in [6, 6.07) is -0.0798. The number of hydrogen-bond donors (Lipinski definition) is 1. The van der Waals surface area contributed by atoms with Crippen LogP contribution in [-0.4, -0.2) is 18.6 Å². The monoisotopic (exact) mass is 255 g/mol. The lowest BCUT2D eigenvalue weighted by Gasteiger charge is -2.24. The average Bonchev–Trinajstić information content (AvgIpc) is 2.25. The maximum Gasteiger partial charge on any atom is 0.307 e. The highest BCUT2D eigenvalue weighted by molar-refractivity contribution is 5.70. The van der Waals surface area contributed by atoms with Crippen LogP contribution in [0.25, 0.3) is 0 Å². The van der Waals surface area contributed by atoms with Gasteiger partial charge in [-0.1, -0.05) is 40.0 Å². The normalized spacial score (nSPS) is 19.6. The molecule has 0 heterocycles. The van der Waals surface area contributed by atoms with E-state index in [0.29, 0.717) is 18.9 Å². The number of hydrogen-bond acceptors (Lipinski definition) is 3. The number of carbonyl (C=O) groups excluding carboxylic acids is 1. The second-order valence-corrected chi connectivity index (χ2v) is 6.92. The van der Waals surface area contributed by atoms with Crippen molar-refractivity contribution in [3.63, 3.8) is 0 Å². The van der Waals surface area contributed by atoms with E-state index in [9.17, 15) is 4.79 Å². The number of nitrogens with two attached hydrogens (primary N) is 1. The molecule has 1 aliphatic rings. The molecule has 1 aliphatic carbocycles. The van der Waals surface area contributed by atoms with Gasteiger partial charge in [-0.05, 0) is 30.6 Å². The largest absolute Gasteiger partial charge is 0.465 e. The lowest BCUT2D eigenvalue weighted by Crippen LogP contribution is -2.30. The van der Waals surface area contributed by atoms with Crippen molar-refractivity contribution in [3.05, 3.63) is 0 Å². The Kier molecular flexibility index (Phi) is 6.13. The third kappa shape index (κ3) is 7.00. The Bertz CT molecular complexity index is 252. The van der Waals surface area contributed by atoms with Crippen molar-refractivity contribution >= 4 is 5.97 Å². The SMILES string of the molecule is CC(C)(C)CC(N)CC(=O)OCC1CCCCC1. The van der Waals surface area contributed by atoms with E-state index in [2.05, 4.69) is 20.8 Å². The minimum Gasteiger partial charge on any atom is -0.465 e. The first-order valence-electron chi connectivity index (χ1n) is 7.28. The summed E-state index contributed by atoms with van der Waals surface area (Å²) >= 11 is 0. The highest BCUT2D eigenvalue weighted by Gasteiger charge is 2.20. The Morgan fingerprint density at radius 3 is 2.44 bits per heavy atom. The highest BCUT2D eigenvalue weighted by Crippen LogP contribution is 2.24. The molecular formula is C15H29NO2. The van der Waals surface area contributed by atoms with E-state index < -0.39 is 0 Å². The van der Waals surface area contributed by atoms with E-state index in [1.807, 2.05) is 0 Å². The standard InChI is InChI=1S/C15H29NO2/c1-15(2,3)10-13(16)9-14(17)18-11-12-7-5-4-6-8-12/h12-13H,4-11,16H2,1-3H3. The number of carbonyl (C=O) groups is 1. The summed E-state index contributed by atoms with van der Waals surface area (Å²) < 4.78 is 5.35.